The fraction of sp³-hybridized carbons (Fsp3) is 0.222. The molecule has 0 spiro atoms. The summed E-state index contributed by atoms with van der Waals surface area (Å²) in [5, 5.41) is 13.4. The summed E-state index contributed by atoms with van der Waals surface area (Å²) in [4.78, 5) is 36.5. The number of thioether (sulfide) groups is 1. The monoisotopic (exact) mass is 443 g/mol. The highest BCUT2D eigenvalue weighted by molar-refractivity contribution is 8.13. The third kappa shape index (κ3) is 6.65. The molecule has 0 aromatic heterocycles. The molecule has 0 unspecified atom stereocenters. The minimum Gasteiger partial charge on any atom is -0.484 e. The van der Waals surface area contributed by atoms with Crippen LogP contribution >= 0.6 is 11.8 Å². The fourth-order valence-corrected chi connectivity index (χ4v) is 2.76. The van der Waals surface area contributed by atoms with Crippen molar-refractivity contribution in [3.8, 4) is 5.75 Å². The van der Waals surface area contributed by atoms with E-state index < -0.39 is 34.9 Å². The lowest BCUT2D eigenvalue weighted by molar-refractivity contribution is -0.385. The first-order chi connectivity index (χ1) is 14.0. The summed E-state index contributed by atoms with van der Waals surface area (Å²) in [5.74, 6) is -1.24. The van der Waals surface area contributed by atoms with Crippen molar-refractivity contribution in [3.63, 3.8) is 0 Å². The first kappa shape index (κ1) is 23.0. The Morgan fingerprint density at radius 2 is 1.80 bits per heavy atom. The van der Waals surface area contributed by atoms with Gasteiger partial charge in [-0.15, -0.1) is 0 Å². The highest BCUT2D eigenvalue weighted by atomic mass is 32.2. The zero-order valence-electron chi connectivity index (χ0n) is 15.7. The van der Waals surface area contributed by atoms with Crippen molar-refractivity contribution in [2.75, 3.05) is 26.0 Å². The Labute approximate surface area is 173 Å². The zero-order valence-corrected chi connectivity index (χ0v) is 16.5. The molecule has 0 bridgehead atoms. The second-order valence-corrected chi connectivity index (χ2v) is 7.11. The van der Waals surface area contributed by atoms with Gasteiger partial charge < -0.3 is 15.0 Å². The van der Waals surface area contributed by atoms with Gasteiger partial charge in [-0.2, -0.15) is 13.2 Å². The number of nitrogens with one attached hydrogen (secondary N) is 1. The number of alkyl halides is 3. The van der Waals surface area contributed by atoms with E-state index in [4.69, 9.17) is 0 Å². The van der Waals surface area contributed by atoms with Crippen molar-refractivity contribution in [3.05, 3.63) is 58.1 Å². The van der Waals surface area contributed by atoms with Gasteiger partial charge in [0.25, 0.3) is 16.8 Å². The summed E-state index contributed by atoms with van der Waals surface area (Å²) >= 11 is 0.968. The van der Waals surface area contributed by atoms with E-state index in [0.717, 1.165) is 30.0 Å². The number of carbonyl (C=O) groups excluding carboxylic acids is 2. The molecule has 2 rings (SSSR count). The molecular formula is C18H16F3N3O5S. The van der Waals surface area contributed by atoms with Gasteiger partial charge in [-0.05, 0) is 48.2 Å². The number of carbonyl (C=O) groups is 2. The third-order valence-corrected chi connectivity index (χ3v) is 4.54. The molecule has 30 heavy (non-hydrogen) atoms. The fourth-order valence-electron chi connectivity index (χ4n) is 2.11. The van der Waals surface area contributed by atoms with Crippen molar-refractivity contribution < 1.29 is 32.4 Å². The van der Waals surface area contributed by atoms with Gasteiger partial charge in [-0.1, -0.05) is 0 Å². The lowest BCUT2D eigenvalue weighted by atomic mass is 10.1. The first-order valence-electron chi connectivity index (χ1n) is 8.25. The van der Waals surface area contributed by atoms with Crippen LogP contribution in [0.4, 0.5) is 29.3 Å². The number of nitrogens with zero attached hydrogens (tertiary/aromatic N) is 2. The van der Waals surface area contributed by atoms with Gasteiger partial charge >= 0.3 is 6.18 Å². The van der Waals surface area contributed by atoms with E-state index in [1.807, 2.05) is 0 Å². The molecule has 0 radical (unpaired) electrons. The summed E-state index contributed by atoms with van der Waals surface area (Å²) in [7, 11) is 3.20. The Hall–Kier alpha value is -3.28. The Kier molecular flexibility index (Phi) is 7.27. The van der Waals surface area contributed by atoms with E-state index in [1.165, 1.54) is 17.0 Å². The molecule has 0 saturated heterocycles. The van der Waals surface area contributed by atoms with E-state index in [9.17, 15) is 32.9 Å². The van der Waals surface area contributed by atoms with Gasteiger partial charge in [0.1, 0.15) is 11.3 Å². The first-order valence-corrected chi connectivity index (χ1v) is 9.06. The van der Waals surface area contributed by atoms with Gasteiger partial charge in [0, 0.05) is 30.7 Å². The van der Waals surface area contributed by atoms with E-state index >= 15 is 0 Å². The molecular weight excluding hydrogens is 427 g/mol. The van der Waals surface area contributed by atoms with Crippen LogP contribution in [0, 0.1) is 10.1 Å². The number of ether oxygens (including phenoxy) is 1. The molecule has 0 atom stereocenters. The number of hydrogen-bond acceptors (Lipinski definition) is 6. The molecule has 160 valence electrons. The van der Waals surface area contributed by atoms with Gasteiger partial charge in [-0.25, -0.2) is 0 Å². The lowest BCUT2D eigenvalue weighted by Crippen LogP contribution is -2.20. The zero-order chi connectivity index (χ0) is 22.5. The van der Waals surface area contributed by atoms with Crippen molar-refractivity contribution in [1.82, 2.24) is 4.90 Å². The van der Waals surface area contributed by atoms with Crippen LogP contribution in [0.3, 0.4) is 0 Å². The number of nitro groups is 1. The van der Waals surface area contributed by atoms with Crippen LogP contribution in [0.15, 0.2) is 47.4 Å². The Morgan fingerprint density at radius 1 is 1.17 bits per heavy atom. The van der Waals surface area contributed by atoms with Crippen LogP contribution in [-0.2, 0) is 0 Å². The molecule has 12 heteroatoms. The molecule has 1 N–H and O–H groups in total. The SMILES string of the molecule is CN(C)C(=O)Sc1ccc(NC(=O)c2cc(OCC(F)(F)F)ccc2[N+](=O)[O-])cc1. The highest BCUT2D eigenvalue weighted by Crippen LogP contribution is 2.27. The maximum Gasteiger partial charge on any atom is 0.422 e. The van der Waals surface area contributed by atoms with Crippen LogP contribution in [0.5, 0.6) is 5.75 Å². The molecule has 2 amide bonds. The second kappa shape index (κ2) is 9.48. The molecule has 2 aromatic rings. The predicted molar refractivity (Wildman–Crippen MR) is 104 cm³/mol. The van der Waals surface area contributed by atoms with Gasteiger partial charge in [-0.3, -0.25) is 19.7 Å². The number of hydrogen-bond donors (Lipinski definition) is 1. The van der Waals surface area contributed by atoms with Crippen molar-refractivity contribution in [2.45, 2.75) is 11.1 Å². The van der Waals surface area contributed by atoms with E-state index in [2.05, 4.69) is 10.1 Å². The number of rotatable bonds is 6. The molecule has 8 nitrogen and oxygen atoms in total. The topological polar surface area (TPSA) is 102 Å². The molecule has 0 fully saturated rings. The number of amides is 2. The number of anilines is 1. The van der Waals surface area contributed by atoms with Crippen LogP contribution in [0.25, 0.3) is 0 Å². The minimum absolute atomic E-state index is 0.196. The Balaban J connectivity index is 2.18. The summed E-state index contributed by atoms with van der Waals surface area (Å²) < 4.78 is 41.5. The maximum atomic E-state index is 12.5. The normalized spacial score (nSPS) is 11.0. The summed E-state index contributed by atoms with van der Waals surface area (Å²) in [6, 6.07) is 8.86. The van der Waals surface area contributed by atoms with Crippen LogP contribution in [-0.4, -0.2) is 47.8 Å². The lowest BCUT2D eigenvalue weighted by Gasteiger charge is -2.11. The number of benzene rings is 2. The van der Waals surface area contributed by atoms with Gasteiger partial charge in [0.15, 0.2) is 6.61 Å². The van der Waals surface area contributed by atoms with E-state index in [0.29, 0.717) is 4.90 Å². The van der Waals surface area contributed by atoms with Crippen LogP contribution in [0.1, 0.15) is 10.4 Å². The highest BCUT2D eigenvalue weighted by Gasteiger charge is 2.29. The molecule has 2 aromatic carbocycles. The standard InChI is InChI=1S/C18H16F3N3O5S/c1-23(2)17(26)30-13-6-3-11(4-7-13)22-16(25)14-9-12(29-10-18(19,20)21)5-8-15(14)24(27)28/h3-9H,10H2,1-2H3,(H,22,25). The van der Waals surface area contributed by atoms with Crippen molar-refractivity contribution in [2.24, 2.45) is 0 Å². The number of nitro benzene ring substituents is 1. The molecule has 0 aliphatic heterocycles. The number of halogens is 3. The predicted octanol–water partition coefficient (Wildman–Crippen LogP) is 4.56. The molecule has 0 aliphatic carbocycles. The minimum atomic E-state index is -4.60. The van der Waals surface area contributed by atoms with Crippen LogP contribution < -0.4 is 10.1 Å². The van der Waals surface area contributed by atoms with Crippen molar-refractivity contribution >= 4 is 34.3 Å². The van der Waals surface area contributed by atoms with Crippen molar-refractivity contribution in [1.29, 1.82) is 0 Å². The van der Waals surface area contributed by atoms with E-state index in [1.54, 1.807) is 26.2 Å². The second-order valence-electron chi connectivity index (χ2n) is 6.08. The largest absolute Gasteiger partial charge is 0.484 e. The third-order valence-electron chi connectivity index (χ3n) is 3.49. The summed E-state index contributed by atoms with van der Waals surface area (Å²) in [6.07, 6.45) is -4.60. The summed E-state index contributed by atoms with van der Waals surface area (Å²) in [5.41, 5.74) is -0.769. The smallest absolute Gasteiger partial charge is 0.422 e. The average Bonchev–Trinajstić information content (AvgIpc) is 2.66. The molecule has 0 heterocycles. The summed E-state index contributed by atoms with van der Waals surface area (Å²) in [6.45, 7) is -1.60. The maximum absolute atomic E-state index is 12.5. The van der Waals surface area contributed by atoms with Gasteiger partial charge in [0.2, 0.25) is 0 Å². The Bertz CT molecular complexity index is 949. The average molecular weight is 443 g/mol. The quantitative estimate of drug-likeness (QED) is 0.399. The van der Waals surface area contributed by atoms with Gasteiger partial charge in [0.05, 0.1) is 4.92 Å². The van der Waals surface area contributed by atoms with Crippen LogP contribution in [0.2, 0.25) is 0 Å². The van der Waals surface area contributed by atoms with E-state index in [-0.39, 0.29) is 16.7 Å². The molecule has 0 aliphatic rings. The molecule has 0 saturated carbocycles. The Morgan fingerprint density at radius 3 is 2.33 bits per heavy atom.